The van der Waals surface area contributed by atoms with Gasteiger partial charge in [0.15, 0.2) is 0 Å². The number of carbonyl (C=O) groups is 1. The molecule has 3 N–H and O–H groups in total. The number of hydrogen-bond acceptors (Lipinski definition) is 5. The molecule has 0 aliphatic heterocycles. The predicted octanol–water partition coefficient (Wildman–Crippen LogP) is 2.75. The lowest BCUT2D eigenvalue weighted by atomic mass is 10.2. The molecule has 0 aliphatic carbocycles. The van der Waals surface area contributed by atoms with E-state index >= 15 is 0 Å². The van der Waals surface area contributed by atoms with Gasteiger partial charge in [-0.3, -0.25) is 4.79 Å². The summed E-state index contributed by atoms with van der Waals surface area (Å²) in [6.07, 6.45) is -1.41. The number of rotatable bonds is 8. The smallest absolute Gasteiger partial charge is 0.417 e. The van der Waals surface area contributed by atoms with Crippen LogP contribution in [0.4, 0.5) is 13.2 Å². The van der Waals surface area contributed by atoms with Gasteiger partial charge in [-0.2, -0.15) is 24.9 Å². The normalized spacial score (nSPS) is 12.2. The SMILES string of the molecule is CSCC[C@H](N)C(=O)NCCOc1ncc(C(F)(F)F)cc1Cl.Cl. The van der Waals surface area contributed by atoms with E-state index in [1.807, 2.05) is 6.26 Å². The summed E-state index contributed by atoms with van der Waals surface area (Å²) in [4.78, 5) is 15.1. The standard InChI is InChI=1S/C13H17ClF3N3O2S.ClH/c1-23-5-2-10(18)11(21)19-3-4-22-12-9(14)6-8(7-20-12)13(15,16)17;/h6-7,10H,2-5,18H2,1H3,(H,19,21);1H/t10-;/m0./s1. The maximum atomic E-state index is 12.5. The van der Waals surface area contributed by atoms with Gasteiger partial charge in [-0.15, -0.1) is 12.4 Å². The van der Waals surface area contributed by atoms with Crippen molar-refractivity contribution in [3.8, 4) is 5.88 Å². The summed E-state index contributed by atoms with van der Waals surface area (Å²) in [5, 5.41) is 2.32. The molecule has 0 unspecified atom stereocenters. The summed E-state index contributed by atoms with van der Waals surface area (Å²) in [6.45, 7) is 0.157. The van der Waals surface area contributed by atoms with Crippen molar-refractivity contribution in [1.82, 2.24) is 10.3 Å². The lowest BCUT2D eigenvalue weighted by Crippen LogP contribution is -2.42. The summed E-state index contributed by atoms with van der Waals surface area (Å²) < 4.78 is 42.5. The van der Waals surface area contributed by atoms with Crippen molar-refractivity contribution in [2.45, 2.75) is 18.6 Å². The highest BCUT2D eigenvalue weighted by molar-refractivity contribution is 7.98. The average molecular weight is 408 g/mol. The van der Waals surface area contributed by atoms with Crippen LogP contribution in [0, 0.1) is 0 Å². The van der Waals surface area contributed by atoms with Gasteiger partial charge in [0.05, 0.1) is 18.2 Å². The molecule has 5 nitrogen and oxygen atoms in total. The molecule has 1 aromatic heterocycles. The van der Waals surface area contributed by atoms with Gasteiger partial charge >= 0.3 is 6.18 Å². The number of aromatic nitrogens is 1. The minimum absolute atomic E-state index is 0. The van der Waals surface area contributed by atoms with E-state index < -0.39 is 17.8 Å². The Morgan fingerprint density at radius 2 is 2.21 bits per heavy atom. The first-order valence-corrected chi connectivity index (χ1v) is 8.40. The van der Waals surface area contributed by atoms with E-state index in [1.54, 1.807) is 11.8 Å². The molecule has 1 heterocycles. The Balaban J connectivity index is 0.00000529. The third-order valence-electron chi connectivity index (χ3n) is 2.74. The van der Waals surface area contributed by atoms with Gasteiger partial charge in [-0.1, -0.05) is 11.6 Å². The quantitative estimate of drug-likeness (QED) is 0.647. The van der Waals surface area contributed by atoms with Crippen LogP contribution in [-0.4, -0.2) is 42.1 Å². The van der Waals surface area contributed by atoms with Gasteiger partial charge in [0.2, 0.25) is 11.8 Å². The molecule has 0 aliphatic rings. The second-order valence-electron chi connectivity index (χ2n) is 4.54. The van der Waals surface area contributed by atoms with Gasteiger partial charge in [0.25, 0.3) is 0 Å². The highest BCUT2D eigenvalue weighted by atomic mass is 35.5. The second-order valence-corrected chi connectivity index (χ2v) is 5.93. The summed E-state index contributed by atoms with van der Waals surface area (Å²) in [6, 6.07) is 0.135. The molecule has 1 atom stereocenters. The number of carbonyl (C=O) groups excluding carboxylic acids is 1. The Labute approximate surface area is 153 Å². The number of thioether (sulfide) groups is 1. The molecule has 11 heteroatoms. The molecule has 1 aromatic rings. The van der Waals surface area contributed by atoms with Crippen molar-refractivity contribution < 1.29 is 22.7 Å². The van der Waals surface area contributed by atoms with Gasteiger partial charge in [-0.25, -0.2) is 4.98 Å². The zero-order valence-corrected chi connectivity index (χ0v) is 15.1. The number of nitrogens with one attached hydrogen (secondary N) is 1. The number of pyridine rings is 1. The van der Waals surface area contributed by atoms with E-state index in [0.29, 0.717) is 12.6 Å². The third-order valence-corrected chi connectivity index (χ3v) is 3.66. The number of nitrogens with zero attached hydrogens (tertiary/aromatic N) is 1. The lowest BCUT2D eigenvalue weighted by Gasteiger charge is -2.13. The fraction of sp³-hybridized carbons (Fsp3) is 0.538. The van der Waals surface area contributed by atoms with Crippen molar-refractivity contribution in [3.05, 3.63) is 22.8 Å². The lowest BCUT2D eigenvalue weighted by molar-refractivity contribution is -0.137. The molecule has 0 fully saturated rings. The Morgan fingerprint density at radius 3 is 2.75 bits per heavy atom. The molecule has 24 heavy (non-hydrogen) atoms. The largest absolute Gasteiger partial charge is 0.475 e. The van der Waals surface area contributed by atoms with Crippen LogP contribution in [0.5, 0.6) is 5.88 Å². The molecule has 1 rings (SSSR count). The zero-order chi connectivity index (χ0) is 17.5. The van der Waals surface area contributed by atoms with Crippen LogP contribution in [0.2, 0.25) is 5.02 Å². The van der Waals surface area contributed by atoms with Crippen LogP contribution in [-0.2, 0) is 11.0 Å². The number of halogens is 5. The summed E-state index contributed by atoms with van der Waals surface area (Å²) in [5.74, 6) is 0.339. The Hall–Kier alpha value is -0.900. The minimum Gasteiger partial charge on any atom is -0.475 e. The second kappa shape index (κ2) is 10.9. The molecular weight excluding hydrogens is 390 g/mol. The van der Waals surface area contributed by atoms with Crippen molar-refractivity contribution in [2.75, 3.05) is 25.2 Å². The van der Waals surface area contributed by atoms with Gasteiger partial charge in [0, 0.05) is 6.20 Å². The molecule has 0 saturated heterocycles. The van der Waals surface area contributed by atoms with E-state index in [1.165, 1.54) is 0 Å². The van der Waals surface area contributed by atoms with Crippen LogP contribution in [0.25, 0.3) is 0 Å². The van der Waals surface area contributed by atoms with Crippen molar-refractivity contribution >= 4 is 41.7 Å². The van der Waals surface area contributed by atoms with Gasteiger partial charge in [0.1, 0.15) is 11.6 Å². The number of amides is 1. The molecule has 0 radical (unpaired) electrons. The van der Waals surface area contributed by atoms with E-state index in [9.17, 15) is 18.0 Å². The maximum Gasteiger partial charge on any atom is 0.417 e. The molecule has 138 valence electrons. The summed E-state index contributed by atoms with van der Waals surface area (Å²) in [7, 11) is 0. The molecule has 0 aromatic carbocycles. The van der Waals surface area contributed by atoms with E-state index in [4.69, 9.17) is 22.1 Å². The fourth-order valence-corrected chi connectivity index (χ4v) is 2.23. The van der Waals surface area contributed by atoms with Crippen molar-refractivity contribution in [1.29, 1.82) is 0 Å². The number of nitrogens with two attached hydrogens (primary N) is 1. The fourth-order valence-electron chi connectivity index (χ4n) is 1.52. The first-order valence-electron chi connectivity index (χ1n) is 6.63. The van der Waals surface area contributed by atoms with Crippen LogP contribution < -0.4 is 15.8 Å². The molecular formula is C13H18Cl2F3N3O2S. The number of hydrogen-bond donors (Lipinski definition) is 2. The van der Waals surface area contributed by atoms with Crippen molar-refractivity contribution in [3.63, 3.8) is 0 Å². The van der Waals surface area contributed by atoms with E-state index in [0.717, 1.165) is 11.8 Å². The minimum atomic E-state index is -4.52. The highest BCUT2D eigenvalue weighted by Gasteiger charge is 2.31. The summed E-state index contributed by atoms with van der Waals surface area (Å²) >= 11 is 7.28. The third kappa shape index (κ3) is 7.78. The average Bonchev–Trinajstić information content (AvgIpc) is 2.49. The van der Waals surface area contributed by atoms with Gasteiger partial charge in [-0.05, 0) is 24.5 Å². The molecule has 1 amide bonds. The molecule has 0 saturated carbocycles. The highest BCUT2D eigenvalue weighted by Crippen LogP contribution is 2.32. The van der Waals surface area contributed by atoms with Crippen LogP contribution in [0.15, 0.2) is 12.3 Å². The number of alkyl halides is 3. The monoisotopic (exact) mass is 407 g/mol. The van der Waals surface area contributed by atoms with E-state index in [2.05, 4.69) is 10.3 Å². The maximum absolute atomic E-state index is 12.5. The van der Waals surface area contributed by atoms with E-state index in [-0.39, 0.29) is 42.4 Å². The van der Waals surface area contributed by atoms with Gasteiger partial charge < -0.3 is 15.8 Å². The molecule has 0 bridgehead atoms. The number of ether oxygens (including phenoxy) is 1. The van der Waals surface area contributed by atoms with Crippen LogP contribution >= 0.6 is 35.8 Å². The first-order chi connectivity index (χ1) is 10.8. The summed E-state index contributed by atoms with van der Waals surface area (Å²) in [5.41, 5.74) is 4.72. The Kier molecular flexibility index (Phi) is 10.5. The zero-order valence-electron chi connectivity index (χ0n) is 12.7. The first kappa shape index (κ1) is 23.1. The Bertz CT molecular complexity index is 536. The van der Waals surface area contributed by atoms with Crippen molar-refractivity contribution in [2.24, 2.45) is 5.73 Å². The predicted molar refractivity (Wildman–Crippen MR) is 91.0 cm³/mol. The van der Waals surface area contributed by atoms with Crippen LogP contribution in [0.3, 0.4) is 0 Å². The van der Waals surface area contributed by atoms with Crippen LogP contribution in [0.1, 0.15) is 12.0 Å². The molecule has 0 spiro atoms. The topological polar surface area (TPSA) is 77.2 Å². The Morgan fingerprint density at radius 1 is 1.54 bits per heavy atom.